The minimum Gasteiger partial charge on any atom is -0.366 e. The van der Waals surface area contributed by atoms with Crippen LogP contribution < -0.4 is 5.32 Å². The Balaban J connectivity index is 1.36. The lowest BCUT2D eigenvalue weighted by Crippen LogP contribution is -2.43. The maximum atomic E-state index is 12.8. The number of ether oxygens (including phenoxy) is 1. The Morgan fingerprint density at radius 1 is 1.30 bits per heavy atom. The van der Waals surface area contributed by atoms with Gasteiger partial charge in [0.25, 0.3) is 5.91 Å². The number of carbonyl (C=O) groups is 1. The number of aryl methyl sites for hydroxylation is 1. The van der Waals surface area contributed by atoms with Crippen LogP contribution in [0, 0.1) is 12.8 Å². The van der Waals surface area contributed by atoms with E-state index in [2.05, 4.69) is 39.5 Å². The first-order valence-corrected chi connectivity index (χ1v) is 9.83. The third kappa shape index (κ3) is 3.05. The molecule has 0 bridgehead atoms. The quantitative estimate of drug-likeness (QED) is 0.906. The highest BCUT2D eigenvalue weighted by atomic mass is 16.5. The molecule has 2 aromatic rings. The van der Waals surface area contributed by atoms with Crippen LogP contribution in [0.5, 0.6) is 0 Å². The number of pyridine rings is 1. The summed E-state index contributed by atoms with van der Waals surface area (Å²) in [5.74, 6) is 0.732. The van der Waals surface area contributed by atoms with Crippen molar-refractivity contribution in [2.24, 2.45) is 5.92 Å². The van der Waals surface area contributed by atoms with Crippen molar-refractivity contribution < 1.29 is 9.53 Å². The van der Waals surface area contributed by atoms with Gasteiger partial charge in [0, 0.05) is 25.2 Å². The Bertz CT molecular complexity index is 862. The summed E-state index contributed by atoms with van der Waals surface area (Å²) in [7, 11) is 0. The summed E-state index contributed by atoms with van der Waals surface area (Å²) in [5.41, 5.74) is 4.22. The molecular weight excluding hydrogens is 338 g/mol. The molecule has 2 aliphatic heterocycles. The SMILES string of the molecule is Cc1ccc(NC(=O)C2CC3(CO2)c2ccccc2CN3CC2CC2)cn1. The summed E-state index contributed by atoms with van der Waals surface area (Å²) < 4.78 is 6.06. The van der Waals surface area contributed by atoms with Gasteiger partial charge in [-0.2, -0.15) is 0 Å². The summed E-state index contributed by atoms with van der Waals surface area (Å²) >= 11 is 0. The third-order valence-electron chi connectivity index (χ3n) is 6.18. The number of nitrogens with zero attached hydrogens (tertiary/aromatic N) is 2. The zero-order chi connectivity index (χ0) is 18.4. The van der Waals surface area contributed by atoms with E-state index in [0.29, 0.717) is 13.0 Å². The van der Waals surface area contributed by atoms with Crippen LogP contribution in [-0.2, 0) is 21.6 Å². The van der Waals surface area contributed by atoms with Crippen molar-refractivity contribution in [2.75, 3.05) is 18.5 Å². The second-order valence-electron chi connectivity index (χ2n) is 8.19. The molecule has 1 aromatic carbocycles. The first-order chi connectivity index (χ1) is 13.1. The second-order valence-corrected chi connectivity index (χ2v) is 8.19. The number of aromatic nitrogens is 1. The number of anilines is 1. The van der Waals surface area contributed by atoms with Gasteiger partial charge in [-0.1, -0.05) is 24.3 Å². The van der Waals surface area contributed by atoms with Crippen molar-refractivity contribution in [3.05, 3.63) is 59.4 Å². The lowest BCUT2D eigenvalue weighted by molar-refractivity contribution is -0.124. The molecule has 1 aromatic heterocycles. The molecule has 2 unspecified atom stereocenters. The maximum absolute atomic E-state index is 12.8. The van der Waals surface area contributed by atoms with E-state index < -0.39 is 6.10 Å². The molecule has 140 valence electrons. The van der Waals surface area contributed by atoms with Crippen LogP contribution >= 0.6 is 0 Å². The number of hydrogen-bond donors (Lipinski definition) is 1. The van der Waals surface area contributed by atoms with Crippen molar-refractivity contribution in [3.8, 4) is 0 Å². The normalized spacial score (nSPS) is 27.1. The molecule has 0 radical (unpaired) electrons. The molecule has 1 saturated carbocycles. The van der Waals surface area contributed by atoms with Gasteiger partial charge in [-0.05, 0) is 48.9 Å². The van der Waals surface area contributed by atoms with Gasteiger partial charge < -0.3 is 10.1 Å². The highest BCUT2D eigenvalue weighted by Gasteiger charge is 2.53. The lowest BCUT2D eigenvalue weighted by atomic mass is 9.86. The molecule has 1 spiro atoms. The Morgan fingerprint density at radius 3 is 2.93 bits per heavy atom. The summed E-state index contributed by atoms with van der Waals surface area (Å²) in [6, 6.07) is 12.4. The summed E-state index contributed by atoms with van der Waals surface area (Å²) in [6.07, 6.45) is 4.63. The molecule has 2 atom stereocenters. The number of carbonyl (C=O) groups excluding carboxylic acids is 1. The van der Waals surface area contributed by atoms with Crippen LogP contribution in [0.2, 0.25) is 0 Å². The fraction of sp³-hybridized carbons (Fsp3) is 0.455. The monoisotopic (exact) mass is 363 g/mol. The highest BCUT2D eigenvalue weighted by molar-refractivity contribution is 5.94. The topological polar surface area (TPSA) is 54.5 Å². The van der Waals surface area contributed by atoms with Crippen LogP contribution in [-0.4, -0.2) is 35.0 Å². The lowest BCUT2D eigenvalue weighted by Gasteiger charge is -2.34. The van der Waals surface area contributed by atoms with Gasteiger partial charge in [-0.3, -0.25) is 14.7 Å². The van der Waals surface area contributed by atoms with Crippen LogP contribution in [0.15, 0.2) is 42.6 Å². The number of benzene rings is 1. The smallest absolute Gasteiger partial charge is 0.253 e. The highest BCUT2D eigenvalue weighted by Crippen LogP contribution is 2.48. The predicted molar refractivity (Wildman–Crippen MR) is 103 cm³/mol. The molecule has 1 saturated heterocycles. The third-order valence-corrected chi connectivity index (χ3v) is 6.18. The molecule has 5 heteroatoms. The van der Waals surface area contributed by atoms with Gasteiger partial charge in [0.1, 0.15) is 6.10 Å². The number of nitrogens with one attached hydrogen (secondary N) is 1. The predicted octanol–water partition coefficient (Wildman–Crippen LogP) is 3.24. The second kappa shape index (κ2) is 6.43. The van der Waals surface area contributed by atoms with Crippen molar-refractivity contribution in [1.29, 1.82) is 0 Å². The molecule has 27 heavy (non-hydrogen) atoms. The number of rotatable bonds is 4. The summed E-state index contributed by atoms with van der Waals surface area (Å²) in [5, 5.41) is 2.96. The van der Waals surface area contributed by atoms with E-state index in [1.165, 1.54) is 24.0 Å². The number of fused-ring (bicyclic) bond motifs is 2. The molecule has 5 rings (SSSR count). The van der Waals surface area contributed by atoms with Gasteiger partial charge in [0.05, 0.1) is 24.0 Å². The molecule has 3 aliphatic rings. The standard InChI is InChI=1S/C22H25N3O2/c1-15-6-9-18(11-23-15)24-21(26)20-10-22(14-27-20)19-5-3-2-4-17(19)13-25(22)12-16-7-8-16/h2-6,9,11,16,20H,7-8,10,12-14H2,1H3,(H,24,26). The van der Waals surface area contributed by atoms with Gasteiger partial charge in [0.15, 0.2) is 0 Å². The Morgan fingerprint density at radius 2 is 2.15 bits per heavy atom. The van der Waals surface area contributed by atoms with Crippen molar-refractivity contribution in [1.82, 2.24) is 9.88 Å². The first-order valence-electron chi connectivity index (χ1n) is 9.83. The van der Waals surface area contributed by atoms with E-state index >= 15 is 0 Å². The van der Waals surface area contributed by atoms with E-state index in [1.54, 1.807) is 6.20 Å². The Kier molecular flexibility index (Phi) is 4.02. The fourth-order valence-electron chi connectivity index (χ4n) is 4.49. The average Bonchev–Trinajstić information content (AvgIpc) is 3.30. The molecular formula is C22H25N3O2. The molecule has 1 N–H and O–H groups in total. The minimum absolute atomic E-state index is 0.0757. The van der Waals surface area contributed by atoms with Gasteiger partial charge in [0.2, 0.25) is 0 Å². The van der Waals surface area contributed by atoms with E-state index in [1.807, 2.05) is 19.1 Å². The fourth-order valence-corrected chi connectivity index (χ4v) is 4.49. The number of hydrogen-bond acceptors (Lipinski definition) is 4. The van der Waals surface area contributed by atoms with Crippen LogP contribution in [0.25, 0.3) is 0 Å². The Hall–Kier alpha value is -2.24. The van der Waals surface area contributed by atoms with Crippen LogP contribution in [0.4, 0.5) is 5.69 Å². The molecule has 1 amide bonds. The van der Waals surface area contributed by atoms with E-state index in [0.717, 1.165) is 30.4 Å². The molecule has 3 heterocycles. The van der Waals surface area contributed by atoms with E-state index in [-0.39, 0.29) is 11.4 Å². The maximum Gasteiger partial charge on any atom is 0.253 e. The number of amides is 1. The zero-order valence-corrected chi connectivity index (χ0v) is 15.6. The van der Waals surface area contributed by atoms with Crippen LogP contribution in [0.3, 0.4) is 0 Å². The van der Waals surface area contributed by atoms with Crippen molar-refractivity contribution >= 4 is 11.6 Å². The zero-order valence-electron chi connectivity index (χ0n) is 15.6. The van der Waals surface area contributed by atoms with E-state index in [4.69, 9.17) is 4.74 Å². The van der Waals surface area contributed by atoms with Gasteiger partial charge in [-0.15, -0.1) is 0 Å². The summed E-state index contributed by atoms with van der Waals surface area (Å²) in [4.78, 5) is 19.6. The Labute approximate surface area is 159 Å². The summed E-state index contributed by atoms with van der Waals surface area (Å²) in [6.45, 7) is 4.59. The molecule has 2 fully saturated rings. The van der Waals surface area contributed by atoms with Crippen molar-refractivity contribution in [2.45, 2.75) is 44.4 Å². The van der Waals surface area contributed by atoms with Gasteiger partial charge >= 0.3 is 0 Å². The minimum atomic E-state index is -0.431. The molecule has 1 aliphatic carbocycles. The molecule has 5 nitrogen and oxygen atoms in total. The average molecular weight is 363 g/mol. The largest absolute Gasteiger partial charge is 0.366 e. The van der Waals surface area contributed by atoms with Crippen LogP contribution in [0.1, 0.15) is 36.1 Å². The first kappa shape index (κ1) is 16.9. The van der Waals surface area contributed by atoms with Crippen molar-refractivity contribution in [3.63, 3.8) is 0 Å². The van der Waals surface area contributed by atoms with Gasteiger partial charge in [-0.25, -0.2) is 0 Å². The van der Waals surface area contributed by atoms with E-state index in [9.17, 15) is 4.79 Å².